The van der Waals surface area contributed by atoms with Crippen LogP contribution in [0.1, 0.15) is 45.5 Å². The number of anilines is 1. The molecule has 2 aliphatic rings. The van der Waals surface area contributed by atoms with Gasteiger partial charge in [-0.15, -0.1) is 0 Å². The second kappa shape index (κ2) is 14.1. The number of nitrogens with zero attached hydrogens (tertiary/aromatic N) is 2. The summed E-state index contributed by atoms with van der Waals surface area (Å²) in [6.45, 7) is -2.51. The number of ether oxygens (including phenoxy) is 4. The number of pyridine rings is 1. The lowest BCUT2D eigenvalue weighted by atomic mass is 9.93. The van der Waals surface area contributed by atoms with Crippen molar-refractivity contribution in [2.75, 3.05) is 32.3 Å². The molecule has 1 fully saturated rings. The number of amides is 2. The molecule has 0 atom stereocenters. The zero-order chi connectivity index (χ0) is 39.4. The van der Waals surface area contributed by atoms with Gasteiger partial charge in [-0.25, -0.2) is 8.42 Å². The van der Waals surface area contributed by atoms with Gasteiger partial charge in [-0.2, -0.15) is 26.3 Å². The Morgan fingerprint density at radius 1 is 0.963 bits per heavy atom. The average molecular weight is 847 g/mol. The fourth-order valence-electron chi connectivity index (χ4n) is 6.51. The Balaban J connectivity index is 1.30. The van der Waals surface area contributed by atoms with Gasteiger partial charge in [0, 0.05) is 27.3 Å². The molecule has 1 saturated carbocycles. The minimum atomic E-state index is -4.84. The van der Waals surface area contributed by atoms with Gasteiger partial charge in [-0.1, -0.05) is 18.2 Å². The molecular weight excluding hydrogens is 816 g/mol. The Hall–Kier alpha value is -4.78. The maximum atomic E-state index is 14.0. The normalized spacial score (nSPS) is 15.2. The highest BCUT2D eigenvalue weighted by Gasteiger charge is 2.55. The predicted molar refractivity (Wildman–Crippen MR) is 185 cm³/mol. The zero-order valence-corrected chi connectivity index (χ0v) is 31.0. The lowest BCUT2D eigenvalue weighted by Gasteiger charge is -2.21. The van der Waals surface area contributed by atoms with Crippen LogP contribution < -0.4 is 28.6 Å². The van der Waals surface area contributed by atoms with Crippen LogP contribution in [0.25, 0.3) is 10.9 Å². The number of aromatic nitrogens is 1. The standard InChI is InChI=1S/C35H30BrF6N3O8S/c1-18-11-19(15-54(48,49)44-32(47)33(9-10-33)27-24(50-2)5-4-6-25(27)51-3)7-8-23(18)45-14-22-26(31(45)46)29(52-16-34(37,38)39)21-12-20(36)13-43-28(21)30(22)53-17-35(40,41)42/h4-8,11-13H,9-10,14-17H2,1-3H3,(H,44,47). The van der Waals surface area contributed by atoms with Gasteiger partial charge >= 0.3 is 12.4 Å². The molecule has 3 aromatic carbocycles. The van der Waals surface area contributed by atoms with Crippen molar-refractivity contribution in [3.63, 3.8) is 0 Å². The van der Waals surface area contributed by atoms with Gasteiger partial charge in [0.1, 0.15) is 22.8 Å². The van der Waals surface area contributed by atoms with Crippen molar-refractivity contribution in [1.82, 2.24) is 9.71 Å². The molecule has 0 bridgehead atoms. The predicted octanol–water partition coefficient (Wildman–Crippen LogP) is 7.04. The number of nitrogens with one attached hydrogen (secondary N) is 1. The summed E-state index contributed by atoms with van der Waals surface area (Å²) in [7, 11) is -1.45. The number of carbonyl (C=O) groups excluding carboxylic acids is 2. The van der Waals surface area contributed by atoms with E-state index in [-0.39, 0.29) is 32.2 Å². The number of hydrogen-bond acceptors (Lipinski definition) is 9. The topological polar surface area (TPSA) is 133 Å². The largest absolute Gasteiger partial charge is 0.496 e. The minimum absolute atomic E-state index is 0.170. The number of halogens is 7. The average Bonchev–Trinajstić information content (AvgIpc) is 3.82. The molecule has 6 rings (SSSR count). The van der Waals surface area contributed by atoms with Gasteiger partial charge in [0.05, 0.1) is 43.1 Å². The number of hydrogen-bond donors (Lipinski definition) is 1. The number of fused-ring (bicyclic) bond motifs is 2. The first-order valence-corrected chi connectivity index (χ1v) is 18.4. The first kappa shape index (κ1) is 38.9. The van der Waals surface area contributed by atoms with Crippen LogP contribution in [0.4, 0.5) is 32.0 Å². The Morgan fingerprint density at radius 3 is 2.13 bits per heavy atom. The molecule has 4 aromatic rings. The monoisotopic (exact) mass is 845 g/mol. The first-order chi connectivity index (χ1) is 25.3. The molecule has 2 amide bonds. The molecule has 1 N–H and O–H groups in total. The molecule has 1 aliphatic carbocycles. The summed E-state index contributed by atoms with van der Waals surface area (Å²) in [5, 5.41) is -0.198. The Kier molecular flexibility index (Phi) is 10.2. The zero-order valence-electron chi connectivity index (χ0n) is 28.6. The molecule has 0 spiro atoms. The molecule has 19 heteroatoms. The summed E-state index contributed by atoms with van der Waals surface area (Å²) in [6.07, 6.45) is -7.75. The number of methoxy groups -OCH3 is 2. The van der Waals surface area contributed by atoms with Crippen molar-refractivity contribution in [2.24, 2.45) is 0 Å². The van der Waals surface area contributed by atoms with E-state index in [2.05, 4.69) is 25.6 Å². The van der Waals surface area contributed by atoms with Crippen LogP contribution in [0.15, 0.2) is 53.1 Å². The van der Waals surface area contributed by atoms with E-state index in [1.54, 1.807) is 18.2 Å². The van der Waals surface area contributed by atoms with Crippen LogP contribution in [0.5, 0.6) is 23.0 Å². The summed E-state index contributed by atoms with van der Waals surface area (Å²) >= 11 is 3.15. The van der Waals surface area contributed by atoms with Crippen molar-refractivity contribution in [2.45, 2.75) is 49.8 Å². The van der Waals surface area contributed by atoms with E-state index in [0.717, 1.165) is 4.90 Å². The number of rotatable bonds is 12. The highest BCUT2D eigenvalue weighted by Crippen LogP contribution is 2.55. The lowest BCUT2D eigenvalue weighted by molar-refractivity contribution is -0.154. The van der Waals surface area contributed by atoms with E-state index in [9.17, 15) is 44.3 Å². The van der Waals surface area contributed by atoms with Crippen LogP contribution in [-0.4, -0.2) is 65.0 Å². The van der Waals surface area contributed by atoms with Gasteiger partial charge in [0.25, 0.3) is 5.91 Å². The highest BCUT2D eigenvalue weighted by atomic mass is 79.9. The number of alkyl halides is 6. The van der Waals surface area contributed by atoms with Crippen molar-refractivity contribution < 1.29 is 63.3 Å². The molecule has 11 nitrogen and oxygen atoms in total. The van der Waals surface area contributed by atoms with Crippen LogP contribution in [0.3, 0.4) is 0 Å². The highest BCUT2D eigenvalue weighted by molar-refractivity contribution is 9.10. The molecule has 1 aromatic heterocycles. The van der Waals surface area contributed by atoms with E-state index < -0.39 is 82.2 Å². The van der Waals surface area contributed by atoms with Gasteiger partial charge in [-0.05, 0) is 71.1 Å². The van der Waals surface area contributed by atoms with Crippen LogP contribution in [0.2, 0.25) is 0 Å². The van der Waals surface area contributed by atoms with E-state index >= 15 is 0 Å². The molecule has 0 unspecified atom stereocenters. The molecule has 2 heterocycles. The maximum Gasteiger partial charge on any atom is 0.422 e. The molecule has 0 saturated heterocycles. The summed E-state index contributed by atoms with van der Waals surface area (Å²) < 4.78 is 130. The number of aryl methyl sites for hydroxylation is 1. The Bertz CT molecular complexity index is 2260. The lowest BCUT2D eigenvalue weighted by Crippen LogP contribution is -2.39. The first-order valence-electron chi connectivity index (χ1n) is 16.0. The third-order valence-corrected chi connectivity index (χ3v) is 10.5. The summed E-state index contributed by atoms with van der Waals surface area (Å²) in [6, 6.07) is 10.4. The molecule has 1 aliphatic heterocycles. The number of carbonyl (C=O) groups is 2. The number of benzene rings is 3. The fourth-order valence-corrected chi connectivity index (χ4v) is 8.01. The van der Waals surface area contributed by atoms with Crippen LogP contribution >= 0.6 is 15.9 Å². The van der Waals surface area contributed by atoms with Crippen molar-refractivity contribution in [3.8, 4) is 23.0 Å². The number of sulfonamides is 1. The molecule has 54 heavy (non-hydrogen) atoms. The van der Waals surface area contributed by atoms with E-state index in [0.29, 0.717) is 35.5 Å². The Morgan fingerprint density at radius 2 is 1.57 bits per heavy atom. The van der Waals surface area contributed by atoms with Gasteiger partial charge in [-0.3, -0.25) is 19.3 Å². The molecule has 0 radical (unpaired) electrons. The SMILES string of the molecule is COc1cccc(OC)c1C1(C(=O)NS(=O)(=O)Cc2ccc(N3Cc4c(c(OCC(F)(F)F)c5cc(Br)cnc5c4OCC(F)(F)F)C3=O)c(C)c2)CC1. The third-order valence-electron chi connectivity index (χ3n) is 8.90. The van der Waals surface area contributed by atoms with Crippen molar-refractivity contribution >= 4 is 54.4 Å². The van der Waals surface area contributed by atoms with Crippen LogP contribution in [-0.2, 0) is 32.5 Å². The maximum absolute atomic E-state index is 14.0. The summed E-state index contributed by atoms with van der Waals surface area (Å²) in [4.78, 5) is 32.7. The second-order valence-corrected chi connectivity index (χ2v) is 15.3. The smallest absolute Gasteiger partial charge is 0.422 e. The van der Waals surface area contributed by atoms with Crippen molar-refractivity contribution in [3.05, 3.63) is 81.0 Å². The minimum Gasteiger partial charge on any atom is -0.496 e. The van der Waals surface area contributed by atoms with Crippen LogP contribution in [0, 0.1) is 6.92 Å². The summed E-state index contributed by atoms with van der Waals surface area (Å²) in [5.41, 5.74) is -0.951. The molecule has 288 valence electrons. The van der Waals surface area contributed by atoms with E-state index in [1.807, 2.05) is 0 Å². The second-order valence-electron chi connectivity index (χ2n) is 12.7. The fraction of sp³-hybridized carbons (Fsp3) is 0.343. The van der Waals surface area contributed by atoms with Crippen molar-refractivity contribution in [1.29, 1.82) is 0 Å². The Labute approximate surface area is 312 Å². The third kappa shape index (κ3) is 7.73. The van der Waals surface area contributed by atoms with Gasteiger partial charge < -0.3 is 23.8 Å². The van der Waals surface area contributed by atoms with Gasteiger partial charge in [0.2, 0.25) is 15.9 Å². The van der Waals surface area contributed by atoms with E-state index in [1.165, 1.54) is 51.6 Å². The van der Waals surface area contributed by atoms with Gasteiger partial charge in [0.15, 0.2) is 19.0 Å². The molecular formula is C35H30BrF6N3O8S. The quantitative estimate of drug-likeness (QED) is 0.149. The summed E-state index contributed by atoms with van der Waals surface area (Å²) in [5.74, 6) is -2.61. The van der Waals surface area contributed by atoms with E-state index in [4.69, 9.17) is 18.9 Å².